The second-order valence-corrected chi connectivity index (χ2v) is 4.72. The fraction of sp³-hybridized carbons (Fsp3) is 0.455. The van der Waals surface area contributed by atoms with Gasteiger partial charge in [0.05, 0.1) is 18.9 Å². The van der Waals surface area contributed by atoms with Crippen molar-refractivity contribution in [3.8, 4) is 0 Å². The molecule has 0 radical (unpaired) electrons. The van der Waals surface area contributed by atoms with Gasteiger partial charge in [0.15, 0.2) is 0 Å². The number of halogens is 2. The molecule has 0 aromatic heterocycles. The van der Waals surface area contributed by atoms with Crippen molar-refractivity contribution in [2.45, 2.75) is 6.92 Å². The topological polar surface area (TPSA) is 21.3 Å². The lowest BCUT2D eigenvalue weighted by Crippen LogP contribution is -2.45. The lowest BCUT2D eigenvalue weighted by molar-refractivity contribution is -0.0924. The SMILES string of the molecule is CC1(CNc2ccc(Cl)cc2F)COC1. The van der Waals surface area contributed by atoms with Gasteiger partial charge in [0, 0.05) is 17.0 Å². The quantitative estimate of drug-likeness (QED) is 0.861. The van der Waals surface area contributed by atoms with Gasteiger partial charge in [-0.05, 0) is 18.2 Å². The Balaban J connectivity index is 1.98. The van der Waals surface area contributed by atoms with E-state index in [9.17, 15) is 4.39 Å². The van der Waals surface area contributed by atoms with Crippen molar-refractivity contribution in [1.29, 1.82) is 0 Å². The number of ether oxygens (including phenoxy) is 1. The monoisotopic (exact) mass is 229 g/mol. The number of hydrogen-bond donors (Lipinski definition) is 1. The maximum atomic E-state index is 13.4. The van der Waals surface area contributed by atoms with E-state index in [4.69, 9.17) is 16.3 Å². The molecule has 1 saturated heterocycles. The van der Waals surface area contributed by atoms with Crippen LogP contribution in [0.15, 0.2) is 18.2 Å². The maximum absolute atomic E-state index is 13.4. The average Bonchev–Trinajstić information content (AvgIpc) is 2.14. The fourth-order valence-corrected chi connectivity index (χ4v) is 1.65. The Bertz CT molecular complexity index is 366. The third kappa shape index (κ3) is 2.41. The Kier molecular flexibility index (Phi) is 2.85. The first-order chi connectivity index (χ1) is 7.09. The summed E-state index contributed by atoms with van der Waals surface area (Å²) < 4.78 is 18.5. The first-order valence-electron chi connectivity index (χ1n) is 4.86. The van der Waals surface area contributed by atoms with Gasteiger partial charge < -0.3 is 10.1 Å². The number of anilines is 1. The molecule has 82 valence electrons. The number of benzene rings is 1. The Morgan fingerprint density at radius 3 is 2.80 bits per heavy atom. The van der Waals surface area contributed by atoms with E-state index in [0.717, 1.165) is 13.2 Å². The molecule has 1 aliphatic rings. The molecule has 1 aliphatic heterocycles. The van der Waals surface area contributed by atoms with Crippen molar-refractivity contribution in [2.24, 2.45) is 5.41 Å². The minimum absolute atomic E-state index is 0.131. The largest absolute Gasteiger partial charge is 0.382 e. The zero-order valence-electron chi connectivity index (χ0n) is 8.52. The first-order valence-corrected chi connectivity index (χ1v) is 5.24. The Labute approximate surface area is 93.4 Å². The van der Waals surface area contributed by atoms with Gasteiger partial charge in [0.2, 0.25) is 0 Å². The van der Waals surface area contributed by atoms with E-state index < -0.39 is 0 Å². The van der Waals surface area contributed by atoms with E-state index in [1.165, 1.54) is 6.07 Å². The molecule has 0 bridgehead atoms. The molecule has 0 aliphatic carbocycles. The summed E-state index contributed by atoms with van der Waals surface area (Å²) in [6, 6.07) is 4.64. The minimum atomic E-state index is -0.314. The Morgan fingerprint density at radius 1 is 1.53 bits per heavy atom. The van der Waals surface area contributed by atoms with Gasteiger partial charge in [-0.3, -0.25) is 0 Å². The van der Waals surface area contributed by atoms with E-state index in [1.54, 1.807) is 12.1 Å². The smallest absolute Gasteiger partial charge is 0.147 e. The number of hydrogen-bond acceptors (Lipinski definition) is 2. The standard InChI is InChI=1S/C11H13ClFNO/c1-11(6-15-7-11)5-14-10-3-2-8(12)4-9(10)13/h2-4,14H,5-7H2,1H3. The van der Waals surface area contributed by atoms with Crippen LogP contribution in [0.5, 0.6) is 0 Å². The van der Waals surface area contributed by atoms with Gasteiger partial charge in [-0.1, -0.05) is 18.5 Å². The summed E-state index contributed by atoms with van der Waals surface area (Å²) >= 11 is 5.66. The summed E-state index contributed by atoms with van der Waals surface area (Å²) in [5.74, 6) is -0.314. The molecule has 0 amide bonds. The van der Waals surface area contributed by atoms with E-state index in [-0.39, 0.29) is 11.2 Å². The van der Waals surface area contributed by atoms with E-state index in [0.29, 0.717) is 17.3 Å². The van der Waals surface area contributed by atoms with Crippen LogP contribution >= 0.6 is 11.6 Å². The van der Waals surface area contributed by atoms with Gasteiger partial charge in [-0.15, -0.1) is 0 Å². The van der Waals surface area contributed by atoms with E-state index in [2.05, 4.69) is 12.2 Å². The van der Waals surface area contributed by atoms with Crippen molar-refractivity contribution >= 4 is 17.3 Å². The number of nitrogens with one attached hydrogen (secondary N) is 1. The molecule has 1 aromatic carbocycles. The van der Waals surface area contributed by atoms with Crippen LogP contribution in [-0.4, -0.2) is 19.8 Å². The summed E-state index contributed by atoms with van der Waals surface area (Å²) in [5.41, 5.74) is 0.624. The molecule has 1 heterocycles. The molecular weight excluding hydrogens is 217 g/mol. The van der Waals surface area contributed by atoms with E-state index >= 15 is 0 Å². The highest BCUT2D eigenvalue weighted by Gasteiger charge is 2.33. The molecule has 2 rings (SSSR count). The van der Waals surface area contributed by atoms with Crippen LogP contribution in [0.4, 0.5) is 10.1 Å². The molecule has 0 unspecified atom stereocenters. The molecule has 0 spiro atoms. The maximum Gasteiger partial charge on any atom is 0.147 e. The van der Waals surface area contributed by atoms with Crippen LogP contribution in [0.25, 0.3) is 0 Å². The predicted molar refractivity (Wildman–Crippen MR) is 58.8 cm³/mol. The summed E-state index contributed by atoms with van der Waals surface area (Å²) in [6.07, 6.45) is 0. The van der Waals surface area contributed by atoms with Crippen molar-refractivity contribution < 1.29 is 9.13 Å². The fourth-order valence-electron chi connectivity index (χ4n) is 1.49. The third-order valence-electron chi connectivity index (χ3n) is 2.54. The second kappa shape index (κ2) is 3.99. The van der Waals surface area contributed by atoms with Crippen LogP contribution < -0.4 is 5.32 Å². The average molecular weight is 230 g/mol. The van der Waals surface area contributed by atoms with E-state index in [1.807, 2.05) is 0 Å². The highest BCUT2D eigenvalue weighted by atomic mass is 35.5. The summed E-state index contributed by atoms with van der Waals surface area (Å²) in [7, 11) is 0. The van der Waals surface area contributed by atoms with Gasteiger partial charge in [-0.25, -0.2) is 4.39 Å². The molecule has 0 saturated carbocycles. The molecule has 1 fully saturated rings. The van der Waals surface area contributed by atoms with Crippen LogP contribution in [0.2, 0.25) is 5.02 Å². The van der Waals surface area contributed by atoms with Crippen LogP contribution in [0, 0.1) is 11.2 Å². The van der Waals surface area contributed by atoms with Gasteiger partial charge in [-0.2, -0.15) is 0 Å². The molecular formula is C11H13ClFNO. The second-order valence-electron chi connectivity index (χ2n) is 4.28. The van der Waals surface area contributed by atoms with Gasteiger partial charge in [0.1, 0.15) is 5.82 Å². The van der Waals surface area contributed by atoms with Crippen molar-refractivity contribution in [1.82, 2.24) is 0 Å². The zero-order valence-corrected chi connectivity index (χ0v) is 9.27. The van der Waals surface area contributed by atoms with Crippen LogP contribution in [0.3, 0.4) is 0 Å². The minimum Gasteiger partial charge on any atom is -0.382 e. The number of rotatable bonds is 3. The zero-order chi connectivity index (χ0) is 10.9. The lowest BCUT2D eigenvalue weighted by Gasteiger charge is -2.38. The molecule has 1 N–H and O–H groups in total. The molecule has 4 heteroatoms. The molecule has 1 aromatic rings. The van der Waals surface area contributed by atoms with Crippen LogP contribution in [0.1, 0.15) is 6.92 Å². The Morgan fingerprint density at radius 2 is 2.27 bits per heavy atom. The highest BCUT2D eigenvalue weighted by Crippen LogP contribution is 2.27. The summed E-state index contributed by atoms with van der Waals surface area (Å²) in [5, 5.41) is 3.48. The van der Waals surface area contributed by atoms with Crippen molar-refractivity contribution in [2.75, 3.05) is 25.1 Å². The predicted octanol–water partition coefficient (Wildman–Crippen LogP) is 2.93. The molecule has 0 atom stereocenters. The summed E-state index contributed by atoms with van der Waals surface area (Å²) in [4.78, 5) is 0. The van der Waals surface area contributed by atoms with Crippen molar-refractivity contribution in [3.63, 3.8) is 0 Å². The molecule has 15 heavy (non-hydrogen) atoms. The normalized spacial score (nSPS) is 18.3. The van der Waals surface area contributed by atoms with Crippen molar-refractivity contribution in [3.05, 3.63) is 29.0 Å². The highest BCUT2D eigenvalue weighted by molar-refractivity contribution is 6.30. The Hall–Kier alpha value is -0.800. The lowest BCUT2D eigenvalue weighted by atomic mass is 9.89. The molecule has 2 nitrogen and oxygen atoms in total. The first kappa shape index (κ1) is 10.7. The van der Waals surface area contributed by atoms with Crippen LogP contribution in [-0.2, 0) is 4.74 Å². The van der Waals surface area contributed by atoms with Gasteiger partial charge in [0.25, 0.3) is 0 Å². The summed E-state index contributed by atoms with van der Waals surface area (Å²) in [6.45, 7) is 4.29. The third-order valence-corrected chi connectivity index (χ3v) is 2.77. The van der Waals surface area contributed by atoms with Gasteiger partial charge >= 0.3 is 0 Å².